The highest BCUT2D eigenvalue weighted by molar-refractivity contribution is 5.97. The van der Waals surface area contributed by atoms with Crippen molar-refractivity contribution in [1.29, 1.82) is 0 Å². The topological polar surface area (TPSA) is 87.0 Å². The number of hydrogen-bond acceptors (Lipinski definition) is 4. The van der Waals surface area contributed by atoms with Crippen molar-refractivity contribution in [3.63, 3.8) is 0 Å². The van der Waals surface area contributed by atoms with Crippen LogP contribution in [0.3, 0.4) is 0 Å². The molecule has 1 aromatic rings. The van der Waals surface area contributed by atoms with Crippen LogP contribution in [0.5, 0.6) is 0 Å². The Hall–Kier alpha value is -1.56. The van der Waals surface area contributed by atoms with Crippen LogP contribution in [-0.2, 0) is 6.42 Å². The lowest BCUT2D eigenvalue weighted by Gasteiger charge is -2.30. The lowest BCUT2D eigenvalue weighted by atomic mass is 9.99. The number of aromatic nitrogens is 2. The first-order chi connectivity index (χ1) is 10.1. The molecule has 0 aromatic carbocycles. The van der Waals surface area contributed by atoms with Crippen LogP contribution < -0.4 is 11.1 Å². The largest absolute Gasteiger partial charge is 0.395 e. The molecular weight excluding hydrogens is 266 g/mol. The minimum atomic E-state index is -0.185. The molecule has 0 atom stereocenters. The summed E-state index contributed by atoms with van der Waals surface area (Å²) in [5.41, 5.74) is 7.50. The second kappa shape index (κ2) is 7.45. The number of nitrogens with two attached hydrogens (primary N) is 1. The minimum absolute atomic E-state index is 0.185. The second-order valence-corrected chi connectivity index (χ2v) is 5.95. The van der Waals surface area contributed by atoms with E-state index in [1.165, 1.54) is 25.9 Å². The van der Waals surface area contributed by atoms with E-state index in [9.17, 15) is 4.79 Å². The van der Waals surface area contributed by atoms with Crippen molar-refractivity contribution in [2.75, 3.05) is 31.9 Å². The number of hydrogen-bond donors (Lipinski definition) is 3. The summed E-state index contributed by atoms with van der Waals surface area (Å²) >= 11 is 0. The molecule has 118 valence electrons. The van der Waals surface area contributed by atoms with Crippen LogP contribution in [0, 0.1) is 5.92 Å². The van der Waals surface area contributed by atoms with Crippen molar-refractivity contribution < 1.29 is 4.79 Å². The number of piperidine rings is 1. The number of aromatic amines is 1. The molecule has 1 fully saturated rings. The molecule has 0 unspecified atom stereocenters. The fourth-order valence-electron chi connectivity index (χ4n) is 2.70. The van der Waals surface area contributed by atoms with E-state index in [0.717, 1.165) is 31.0 Å². The Morgan fingerprint density at radius 2 is 2.19 bits per heavy atom. The first kappa shape index (κ1) is 15.8. The Labute approximate surface area is 126 Å². The Bertz CT molecular complexity index is 463. The molecule has 1 saturated heterocycles. The average Bonchev–Trinajstić information content (AvgIpc) is 2.86. The standard InChI is InChI=1S/C15H27N5O/c1-3-12-13(16)14(19-18-12)15(21)17-7-4-8-20-9-5-11(2)6-10-20/h11H,3-10,16H2,1-2H3,(H,17,21)(H,18,19). The molecule has 6 heteroatoms. The number of rotatable bonds is 6. The zero-order valence-corrected chi connectivity index (χ0v) is 13.1. The van der Waals surface area contributed by atoms with Crippen LogP contribution >= 0.6 is 0 Å². The SMILES string of the molecule is CCc1[nH]nc(C(=O)NCCCN2CCC(C)CC2)c1N. The molecule has 1 aromatic heterocycles. The summed E-state index contributed by atoms with van der Waals surface area (Å²) in [7, 11) is 0. The second-order valence-electron chi connectivity index (χ2n) is 5.95. The van der Waals surface area contributed by atoms with Crippen molar-refractivity contribution in [2.24, 2.45) is 5.92 Å². The van der Waals surface area contributed by atoms with E-state index in [0.29, 0.717) is 17.9 Å². The van der Waals surface area contributed by atoms with E-state index in [1.54, 1.807) is 0 Å². The number of nitrogen functional groups attached to an aromatic ring is 1. The summed E-state index contributed by atoms with van der Waals surface area (Å²) in [6.07, 6.45) is 4.29. The van der Waals surface area contributed by atoms with E-state index in [-0.39, 0.29) is 5.91 Å². The molecule has 0 spiro atoms. The number of anilines is 1. The van der Waals surface area contributed by atoms with Crippen molar-refractivity contribution in [2.45, 2.75) is 39.5 Å². The van der Waals surface area contributed by atoms with Crippen LogP contribution in [0.2, 0.25) is 0 Å². The number of H-pyrrole nitrogens is 1. The summed E-state index contributed by atoms with van der Waals surface area (Å²) < 4.78 is 0. The minimum Gasteiger partial charge on any atom is -0.395 e. The molecule has 0 aliphatic carbocycles. The van der Waals surface area contributed by atoms with Gasteiger partial charge in [-0.3, -0.25) is 9.89 Å². The monoisotopic (exact) mass is 293 g/mol. The average molecular weight is 293 g/mol. The molecular formula is C15H27N5O. The third kappa shape index (κ3) is 4.20. The lowest BCUT2D eigenvalue weighted by Crippen LogP contribution is -2.35. The number of amides is 1. The van der Waals surface area contributed by atoms with Crippen molar-refractivity contribution in [1.82, 2.24) is 20.4 Å². The maximum Gasteiger partial charge on any atom is 0.273 e. The molecule has 21 heavy (non-hydrogen) atoms. The summed E-state index contributed by atoms with van der Waals surface area (Å²) in [5.74, 6) is 0.673. The molecule has 0 saturated carbocycles. The highest BCUT2D eigenvalue weighted by Gasteiger charge is 2.17. The molecule has 2 heterocycles. The zero-order valence-electron chi connectivity index (χ0n) is 13.1. The Balaban J connectivity index is 1.68. The Kier molecular flexibility index (Phi) is 5.61. The van der Waals surface area contributed by atoms with E-state index in [4.69, 9.17) is 5.73 Å². The first-order valence-electron chi connectivity index (χ1n) is 7.95. The number of nitrogens with zero attached hydrogens (tertiary/aromatic N) is 2. The molecule has 6 nitrogen and oxygen atoms in total. The number of carbonyl (C=O) groups excluding carboxylic acids is 1. The summed E-state index contributed by atoms with van der Waals surface area (Å²) in [6, 6.07) is 0. The smallest absolute Gasteiger partial charge is 0.273 e. The van der Waals surface area contributed by atoms with Gasteiger partial charge in [0.2, 0.25) is 0 Å². The highest BCUT2D eigenvalue weighted by atomic mass is 16.1. The summed E-state index contributed by atoms with van der Waals surface area (Å²) in [4.78, 5) is 14.5. The molecule has 0 radical (unpaired) electrons. The van der Waals surface area contributed by atoms with E-state index >= 15 is 0 Å². The fourth-order valence-corrected chi connectivity index (χ4v) is 2.70. The van der Waals surface area contributed by atoms with Crippen molar-refractivity contribution in [3.8, 4) is 0 Å². The number of aryl methyl sites for hydroxylation is 1. The fraction of sp³-hybridized carbons (Fsp3) is 0.733. The maximum absolute atomic E-state index is 12.0. The van der Waals surface area contributed by atoms with Gasteiger partial charge in [0, 0.05) is 6.54 Å². The number of likely N-dealkylation sites (tertiary alicyclic amines) is 1. The third-order valence-electron chi connectivity index (χ3n) is 4.26. The predicted octanol–water partition coefficient (Wildman–Crippen LogP) is 1.41. The van der Waals surface area contributed by atoms with Crippen LogP contribution in [-0.4, -0.2) is 47.2 Å². The summed E-state index contributed by atoms with van der Waals surface area (Å²) in [6.45, 7) is 8.37. The summed E-state index contributed by atoms with van der Waals surface area (Å²) in [5, 5.41) is 9.70. The van der Waals surface area contributed by atoms with Gasteiger partial charge in [-0.15, -0.1) is 0 Å². The van der Waals surface area contributed by atoms with Gasteiger partial charge in [-0.1, -0.05) is 13.8 Å². The molecule has 2 rings (SSSR count). The van der Waals surface area contributed by atoms with E-state index in [2.05, 4.69) is 27.3 Å². The van der Waals surface area contributed by atoms with Gasteiger partial charge >= 0.3 is 0 Å². The zero-order chi connectivity index (χ0) is 15.2. The van der Waals surface area contributed by atoms with Gasteiger partial charge in [-0.05, 0) is 51.2 Å². The van der Waals surface area contributed by atoms with Gasteiger partial charge in [-0.2, -0.15) is 5.10 Å². The van der Waals surface area contributed by atoms with Crippen molar-refractivity contribution >= 4 is 11.6 Å². The van der Waals surface area contributed by atoms with Gasteiger partial charge in [0.25, 0.3) is 5.91 Å². The maximum atomic E-state index is 12.0. The molecule has 4 N–H and O–H groups in total. The van der Waals surface area contributed by atoms with Crippen LogP contribution in [0.15, 0.2) is 0 Å². The molecule has 1 amide bonds. The molecule has 0 bridgehead atoms. The first-order valence-corrected chi connectivity index (χ1v) is 7.95. The number of carbonyl (C=O) groups is 1. The van der Waals surface area contributed by atoms with E-state index < -0.39 is 0 Å². The quantitative estimate of drug-likeness (QED) is 0.692. The van der Waals surface area contributed by atoms with Gasteiger partial charge in [0.1, 0.15) is 0 Å². The Morgan fingerprint density at radius 3 is 2.81 bits per heavy atom. The number of nitrogens with one attached hydrogen (secondary N) is 2. The van der Waals surface area contributed by atoms with Gasteiger partial charge < -0.3 is 16.0 Å². The highest BCUT2D eigenvalue weighted by Crippen LogP contribution is 2.16. The third-order valence-corrected chi connectivity index (χ3v) is 4.26. The van der Waals surface area contributed by atoms with Crippen molar-refractivity contribution in [3.05, 3.63) is 11.4 Å². The van der Waals surface area contributed by atoms with Crippen LogP contribution in [0.1, 0.15) is 49.3 Å². The van der Waals surface area contributed by atoms with Gasteiger partial charge in [0.05, 0.1) is 11.4 Å². The predicted molar refractivity (Wildman–Crippen MR) is 84.2 cm³/mol. The van der Waals surface area contributed by atoms with E-state index in [1.807, 2.05) is 6.92 Å². The van der Waals surface area contributed by atoms with Gasteiger partial charge in [0.15, 0.2) is 5.69 Å². The molecule has 1 aliphatic heterocycles. The Morgan fingerprint density at radius 1 is 1.48 bits per heavy atom. The van der Waals surface area contributed by atoms with Gasteiger partial charge in [-0.25, -0.2) is 0 Å². The van der Waals surface area contributed by atoms with Crippen LogP contribution in [0.25, 0.3) is 0 Å². The lowest BCUT2D eigenvalue weighted by molar-refractivity contribution is 0.0946. The molecule has 1 aliphatic rings. The van der Waals surface area contributed by atoms with Crippen LogP contribution in [0.4, 0.5) is 5.69 Å². The normalized spacial score (nSPS) is 17.0.